The molecule has 0 spiro atoms. The fraction of sp³-hybridized carbons (Fsp3) is 0.364. The number of carboxylic acid groups (broad SMARTS) is 1. The number of benzene rings is 1. The molecule has 0 saturated heterocycles. The lowest BCUT2D eigenvalue weighted by molar-refractivity contribution is -0.145. The molecule has 0 amide bonds. The molecule has 0 radical (unpaired) electrons. The van der Waals surface area contributed by atoms with Crippen molar-refractivity contribution in [2.24, 2.45) is 0 Å². The molecule has 4 nitrogen and oxygen atoms in total. The quantitative estimate of drug-likeness (QED) is 0.780. The molecule has 0 aliphatic heterocycles. The van der Waals surface area contributed by atoms with Crippen LogP contribution in [-0.2, 0) is 4.79 Å². The van der Waals surface area contributed by atoms with Gasteiger partial charge in [0.2, 0.25) is 0 Å². The first-order chi connectivity index (χ1) is 7.54. The molecule has 0 heterocycles. The summed E-state index contributed by atoms with van der Waals surface area (Å²) in [6.07, 6.45) is 0.349. The molecule has 1 aromatic rings. The van der Waals surface area contributed by atoms with Crippen molar-refractivity contribution in [1.29, 1.82) is 0 Å². The molecule has 1 aromatic carbocycles. The largest absolute Gasteiger partial charge is 0.479 e. The molecular weight excluding hydrogens is 230 g/mol. The number of hydrogen-bond acceptors (Lipinski definition) is 3. The lowest BCUT2D eigenvalue weighted by Gasteiger charge is -2.14. The van der Waals surface area contributed by atoms with Crippen molar-refractivity contribution in [3.05, 3.63) is 23.2 Å². The minimum absolute atomic E-state index is 0.359. The van der Waals surface area contributed by atoms with Crippen LogP contribution in [-0.4, -0.2) is 17.2 Å². The highest BCUT2D eigenvalue weighted by atomic mass is 35.5. The number of carbonyl (C=O) groups is 1. The molecule has 0 saturated carbocycles. The lowest BCUT2D eigenvalue weighted by atomic mass is 10.2. The van der Waals surface area contributed by atoms with Gasteiger partial charge in [0.05, 0.1) is 10.7 Å². The van der Waals surface area contributed by atoms with Crippen LogP contribution < -0.4 is 10.5 Å². The van der Waals surface area contributed by atoms with E-state index in [2.05, 4.69) is 0 Å². The molecule has 0 aliphatic rings. The van der Waals surface area contributed by atoms with Crippen molar-refractivity contribution in [2.45, 2.75) is 25.9 Å². The topological polar surface area (TPSA) is 72.5 Å². The van der Waals surface area contributed by atoms with Crippen LogP contribution in [0.1, 0.15) is 19.8 Å². The average Bonchev–Trinajstić information content (AvgIpc) is 2.22. The number of ether oxygens (including phenoxy) is 1. The molecular formula is C11H14ClNO3. The maximum absolute atomic E-state index is 10.9. The Balaban J connectivity index is 2.77. The van der Waals surface area contributed by atoms with E-state index in [1.807, 2.05) is 6.92 Å². The van der Waals surface area contributed by atoms with Crippen LogP contribution in [0, 0.1) is 0 Å². The van der Waals surface area contributed by atoms with Gasteiger partial charge in [0.1, 0.15) is 5.75 Å². The van der Waals surface area contributed by atoms with Gasteiger partial charge in [0.25, 0.3) is 0 Å². The average molecular weight is 244 g/mol. The van der Waals surface area contributed by atoms with Crippen molar-refractivity contribution in [2.75, 3.05) is 5.73 Å². The zero-order valence-electron chi connectivity index (χ0n) is 8.94. The van der Waals surface area contributed by atoms with E-state index >= 15 is 0 Å². The van der Waals surface area contributed by atoms with Crippen LogP contribution in [0.3, 0.4) is 0 Å². The first kappa shape index (κ1) is 12.6. The minimum atomic E-state index is -0.977. The molecule has 1 unspecified atom stereocenters. The third-order valence-corrected chi connectivity index (χ3v) is 2.40. The number of rotatable bonds is 5. The second kappa shape index (κ2) is 5.61. The summed E-state index contributed by atoms with van der Waals surface area (Å²) in [5.41, 5.74) is 5.98. The van der Waals surface area contributed by atoms with Gasteiger partial charge in [-0.2, -0.15) is 0 Å². The normalized spacial score (nSPS) is 12.1. The van der Waals surface area contributed by atoms with Gasteiger partial charge in [0.15, 0.2) is 6.10 Å². The number of nitrogens with two attached hydrogens (primary N) is 1. The zero-order chi connectivity index (χ0) is 12.1. The maximum Gasteiger partial charge on any atom is 0.344 e. The Labute approximate surface area is 99.0 Å². The monoisotopic (exact) mass is 243 g/mol. The van der Waals surface area contributed by atoms with Gasteiger partial charge in [-0.15, -0.1) is 0 Å². The van der Waals surface area contributed by atoms with Crippen molar-refractivity contribution in [3.63, 3.8) is 0 Å². The van der Waals surface area contributed by atoms with E-state index in [-0.39, 0.29) is 0 Å². The molecule has 3 N–H and O–H groups in total. The first-order valence-electron chi connectivity index (χ1n) is 4.99. The fourth-order valence-corrected chi connectivity index (χ4v) is 1.41. The van der Waals surface area contributed by atoms with E-state index in [1.165, 1.54) is 6.07 Å². The van der Waals surface area contributed by atoms with E-state index < -0.39 is 12.1 Å². The van der Waals surface area contributed by atoms with Crippen molar-refractivity contribution in [1.82, 2.24) is 0 Å². The highest BCUT2D eigenvalue weighted by molar-refractivity contribution is 6.33. The molecule has 0 fully saturated rings. The number of anilines is 1. The number of hydrogen-bond donors (Lipinski definition) is 2. The van der Waals surface area contributed by atoms with Crippen LogP contribution in [0.25, 0.3) is 0 Å². The van der Waals surface area contributed by atoms with Gasteiger partial charge in [-0.3, -0.25) is 0 Å². The second-order valence-corrected chi connectivity index (χ2v) is 3.82. The Hall–Kier alpha value is -1.42. The van der Waals surface area contributed by atoms with Gasteiger partial charge >= 0.3 is 5.97 Å². The van der Waals surface area contributed by atoms with Crippen molar-refractivity contribution in [3.8, 4) is 5.75 Å². The molecule has 0 aliphatic carbocycles. The molecule has 1 atom stereocenters. The van der Waals surface area contributed by atoms with Gasteiger partial charge in [-0.25, -0.2) is 4.79 Å². The minimum Gasteiger partial charge on any atom is -0.479 e. The molecule has 0 bridgehead atoms. The Morgan fingerprint density at radius 2 is 2.31 bits per heavy atom. The maximum atomic E-state index is 10.9. The summed E-state index contributed by atoms with van der Waals surface area (Å²) in [6.45, 7) is 1.90. The van der Waals surface area contributed by atoms with E-state index in [4.69, 9.17) is 27.2 Å². The summed E-state index contributed by atoms with van der Waals surface area (Å²) in [7, 11) is 0. The third-order valence-electron chi connectivity index (χ3n) is 2.08. The molecule has 0 aromatic heterocycles. The summed E-state index contributed by atoms with van der Waals surface area (Å²) in [5.74, 6) is -0.560. The molecule has 16 heavy (non-hydrogen) atoms. The number of nitrogen functional groups attached to an aromatic ring is 1. The first-order valence-corrected chi connectivity index (χ1v) is 5.37. The highest BCUT2D eigenvalue weighted by Gasteiger charge is 2.18. The summed E-state index contributed by atoms with van der Waals surface area (Å²) in [5, 5.41) is 9.27. The Bertz CT molecular complexity index is 381. The fourth-order valence-electron chi connectivity index (χ4n) is 1.24. The predicted octanol–water partition coefficient (Wildman–Crippen LogP) is 2.55. The smallest absolute Gasteiger partial charge is 0.344 e. The van der Waals surface area contributed by atoms with Crippen molar-refractivity contribution < 1.29 is 14.6 Å². The predicted molar refractivity (Wildman–Crippen MR) is 62.8 cm³/mol. The van der Waals surface area contributed by atoms with Crippen LogP contribution in [0.15, 0.2) is 18.2 Å². The lowest BCUT2D eigenvalue weighted by Crippen LogP contribution is -2.26. The third kappa shape index (κ3) is 3.31. The Morgan fingerprint density at radius 3 is 2.81 bits per heavy atom. The van der Waals surface area contributed by atoms with Gasteiger partial charge in [-0.1, -0.05) is 24.9 Å². The highest BCUT2D eigenvalue weighted by Crippen LogP contribution is 2.25. The Morgan fingerprint density at radius 1 is 1.62 bits per heavy atom. The van der Waals surface area contributed by atoms with Crippen LogP contribution in [0.5, 0.6) is 5.75 Å². The Kier molecular flexibility index (Phi) is 4.43. The summed E-state index contributed by atoms with van der Waals surface area (Å²) in [6, 6.07) is 4.71. The van der Waals surface area contributed by atoms with Crippen LogP contribution in [0.2, 0.25) is 5.02 Å². The standard InChI is InChI=1S/C11H14ClNO3/c1-2-3-10(11(14)15)16-7-4-5-9(13)8(12)6-7/h4-6,10H,2-3,13H2,1H3,(H,14,15). The second-order valence-electron chi connectivity index (χ2n) is 3.42. The zero-order valence-corrected chi connectivity index (χ0v) is 9.70. The van der Waals surface area contributed by atoms with Crippen molar-refractivity contribution >= 4 is 23.3 Å². The van der Waals surface area contributed by atoms with E-state index in [1.54, 1.807) is 12.1 Å². The van der Waals surface area contributed by atoms with Crippen LogP contribution >= 0.6 is 11.6 Å². The van der Waals surface area contributed by atoms with E-state index in [0.717, 1.165) is 6.42 Å². The van der Waals surface area contributed by atoms with Gasteiger partial charge in [-0.05, 0) is 18.6 Å². The van der Waals surface area contributed by atoms with Gasteiger partial charge in [0, 0.05) is 6.07 Å². The van der Waals surface area contributed by atoms with E-state index in [0.29, 0.717) is 22.9 Å². The summed E-state index contributed by atoms with van der Waals surface area (Å²) < 4.78 is 5.31. The SMILES string of the molecule is CCCC(Oc1ccc(N)c(Cl)c1)C(=O)O. The molecule has 1 rings (SSSR count). The summed E-state index contributed by atoms with van der Waals surface area (Å²) in [4.78, 5) is 10.9. The number of aliphatic carboxylic acids is 1. The van der Waals surface area contributed by atoms with Gasteiger partial charge < -0.3 is 15.6 Å². The number of halogens is 1. The van der Waals surface area contributed by atoms with Crippen LogP contribution in [0.4, 0.5) is 5.69 Å². The number of carboxylic acids is 1. The molecule has 88 valence electrons. The van der Waals surface area contributed by atoms with E-state index in [9.17, 15) is 4.79 Å². The summed E-state index contributed by atoms with van der Waals surface area (Å²) >= 11 is 5.80. The molecule has 5 heteroatoms.